The second-order valence-corrected chi connectivity index (χ2v) is 4.91. The first-order chi connectivity index (χ1) is 7.53. The second-order valence-electron chi connectivity index (χ2n) is 4.91. The van der Waals surface area contributed by atoms with Crippen molar-refractivity contribution >= 4 is 0 Å². The molecule has 1 N–H and O–H groups in total. The maximum atomic E-state index is 5.61. The van der Waals surface area contributed by atoms with Crippen molar-refractivity contribution in [3.63, 3.8) is 0 Å². The largest absolute Gasteiger partial charge is 0.377 e. The molecule has 90 valence electrons. The van der Waals surface area contributed by atoms with Gasteiger partial charge in [0.05, 0.1) is 12.3 Å². The molecule has 2 unspecified atom stereocenters. The lowest BCUT2D eigenvalue weighted by molar-refractivity contribution is 0.0881. The third-order valence-corrected chi connectivity index (χ3v) is 3.91. The lowest BCUT2D eigenvalue weighted by Gasteiger charge is -2.29. The highest BCUT2D eigenvalue weighted by molar-refractivity contribution is 5.16. The molecule has 4 nitrogen and oxygen atoms in total. The van der Waals surface area contributed by atoms with Crippen molar-refractivity contribution < 1.29 is 4.74 Å². The number of hydrogen-bond donors (Lipinski definition) is 1. The summed E-state index contributed by atoms with van der Waals surface area (Å²) in [4.78, 5) is 0. The van der Waals surface area contributed by atoms with E-state index >= 15 is 0 Å². The summed E-state index contributed by atoms with van der Waals surface area (Å²) in [7, 11) is 1.97. The summed E-state index contributed by atoms with van der Waals surface area (Å²) >= 11 is 0. The second kappa shape index (κ2) is 4.18. The Labute approximate surface area is 97.0 Å². The van der Waals surface area contributed by atoms with Crippen molar-refractivity contribution in [3.8, 4) is 0 Å². The summed E-state index contributed by atoms with van der Waals surface area (Å²) in [5.41, 5.74) is 2.59. The fourth-order valence-electron chi connectivity index (χ4n) is 2.08. The van der Waals surface area contributed by atoms with Gasteiger partial charge in [0.1, 0.15) is 0 Å². The molecule has 0 saturated carbocycles. The Morgan fingerprint density at radius 3 is 2.94 bits per heavy atom. The van der Waals surface area contributed by atoms with E-state index in [1.54, 1.807) is 0 Å². The van der Waals surface area contributed by atoms with Crippen molar-refractivity contribution in [2.75, 3.05) is 6.61 Å². The van der Waals surface area contributed by atoms with Gasteiger partial charge < -0.3 is 10.1 Å². The van der Waals surface area contributed by atoms with Crippen LogP contribution in [0, 0.1) is 6.92 Å². The molecule has 1 saturated heterocycles. The van der Waals surface area contributed by atoms with Gasteiger partial charge in [0.25, 0.3) is 0 Å². The summed E-state index contributed by atoms with van der Waals surface area (Å²) in [5.74, 6) is 0. The molecule has 1 aliphatic rings. The molecule has 2 atom stereocenters. The predicted octanol–water partition coefficient (Wildman–Crippen LogP) is 1.39. The number of ether oxygens (including phenoxy) is 1. The number of aromatic nitrogens is 2. The van der Waals surface area contributed by atoms with Gasteiger partial charge in [-0.3, -0.25) is 4.68 Å². The standard InChI is InChI=1S/C12H21N3O/c1-9-11(8-14-15(9)4)7-13-12(3)5-6-16-10(12)2/h8,10,13H,5-7H2,1-4H3. The quantitative estimate of drug-likeness (QED) is 0.841. The first-order valence-electron chi connectivity index (χ1n) is 5.87. The van der Waals surface area contributed by atoms with Crippen LogP contribution in [-0.4, -0.2) is 28.0 Å². The molecule has 1 fully saturated rings. The highest BCUT2D eigenvalue weighted by Crippen LogP contribution is 2.25. The number of hydrogen-bond acceptors (Lipinski definition) is 3. The highest BCUT2D eigenvalue weighted by Gasteiger charge is 2.36. The topological polar surface area (TPSA) is 39.1 Å². The average Bonchev–Trinajstić information content (AvgIpc) is 2.73. The first kappa shape index (κ1) is 11.6. The molecule has 1 aromatic heterocycles. The van der Waals surface area contributed by atoms with E-state index in [4.69, 9.17) is 4.74 Å². The smallest absolute Gasteiger partial charge is 0.0726 e. The van der Waals surface area contributed by atoms with Crippen LogP contribution in [0.15, 0.2) is 6.20 Å². The molecule has 0 amide bonds. The third kappa shape index (κ3) is 1.99. The molecule has 1 aromatic rings. The van der Waals surface area contributed by atoms with Crippen molar-refractivity contribution in [1.29, 1.82) is 0 Å². The van der Waals surface area contributed by atoms with Crippen LogP contribution in [0.1, 0.15) is 31.5 Å². The lowest BCUT2D eigenvalue weighted by Crippen LogP contribution is -2.47. The van der Waals surface area contributed by atoms with Gasteiger partial charge in [-0.05, 0) is 27.2 Å². The van der Waals surface area contributed by atoms with Gasteiger partial charge in [0.2, 0.25) is 0 Å². The zero-order valence-electron chi connectivity index (χ0n) is 10.6. The minimum Gasteiger partial charge on any atom is -0.377 e. The summed E-state index contributed by atoms with van der Waals surface area (Å²) in [5, 5.41) is 7.85. The van der Waals surface area contributed by atoms with E-state index in [9.17, 15) is 0 Å². The van der Waals surface area contributed by atoms with E-state index in [2.05, 4.69) is 31.2 Å². The molecule has 0 spiro atoms. The molecular formula is C12H21N3O. The van der Waals surface area contributed by atoms with Gasteiger partial charge in [0, 0.05) is 37.0 Å². The molecule has 1 aliphatic heterocycles. The summed E-state index contributed by atoms with van der Waals surface area (Å²) in [6.07, 6.45) is 3.30. The summed E-state index contributed by atoms with van der Waals surface area (Å²) in [6.45, 7) is 8.19. The van der Waals surface area contributed by atoms with Crippen LogP contribution in [0.2, 0.25) is 0 Å². The Morgan fingerprint density at radius 2 is 2.44 bits per heavy atom. The van der Waals surface area contributed by atoms with Gasteiger partial charge in [-0.2, -0.15) is 5.10 Å². The number of aryl methyl sites for hydroxylation is 1. The van der Waals surface area contributed by atoms with Gasteiger partial charge >= 0.3 is 0 Å². The molecule has 4 heteroatoms. The molecule has 0 bridgehead atoms. The van der Waals surface area contributed by atoms with Crippen LogP contribution in [0.25, 0.3) is 0 Å². The molecule has 0 radical (unpaired) electrons. The molecule has 0 aromatic carbocycles. The molecular weight excluding hydrogens is 202 g/mol. The minimum atomic E-state index is 0.0995. The Morgan fingerprint density at radius 1 is 1.69 bits per heavy atom. The van der Waals surface area contributed by atoms with Crippen LogP contribution in [-0.2, 0) is 18.3 Å². The van der Waals surface area contributed by atoms with Gasteiger partial charge in [-0.15, -0.1) is 0 Å². The van der Waals surface area contributed by atoms with Crippen LogP contribution < -0.4 is 5.32 Å². The molecule has 16 heavy (non-hydrogen) atoms. The summed E-state index contributed by atoms with van der Waals surface area (Å²) in [6, 6.07) is 0. The zero-order valence-corrected chi connectivity index (χ0v) is 10.6. The Hall–Kier alpha value is -0.870. The Bertz CT molecular complexity index is 374. The first-order valence-corrected chi connectivity index (χ1v) is 5.87. The predicted molar refractivity (Wildman–Crippen MR) is 63.2 cm³/mol. The summed E-state index contributed by atoms with van der Waals surface area (Å²) < 4.78 is 7.52. The fourth-order valence-corrected chi connectivity index (χ4v) is 2.08. The molecule has 2 heterocycles. The van der Waals surface area contributed by atoms with Crippen LogP contribution in [0.4, 0.5) is 0 Å². The van der Waals surface area contributed by atoms with Crippen molar-refractivity contribution in [1.82, 2.24) is 15.1 Å². The van der Waals surface area contributed by atoms with Crippen molar-refractivity contribution in [3.05, 3.63) is 17.5 Å². The Balaban J connectivity index is 1.99. The van der Waals surface area contributed by atoms with E-state index in [1.807, 2.05) is 17.9 Å². The minimum absolute atomic E-state index is 0.0995. The van der Waals surface area contributed by atoms with E-state index in [-0.39, 0.29) is 11.6 Å². The van der Waals surface area contributed by atoms with Crippen LogP contribution in [0.5, 0.6) is 0 Å². The maximum absolute atomic E-state index is 5.61. The van der Waals surface area contributed by atoms with E-state index in [0.717, 1.165) is 19.6 Å². The third-order valence-electron chi connectivity index (χ3n) is 3.91. The normalized spacial score (nSPS) is 29.9. The van der Waals surface area contributed by atoms with Gasteiger partial charge in [-0.1, -0.05) is 0 Å². The van der Waals surface area contributed by atoms with Gasteiger partial charge in [-0.25, -0.2) is 0 Å². The van der Waals surface area contributed by atoms with Crippen LogP contribution >= 0.6 is 0 Å². The average molecular weight is 223 g/mol. The van der Waals surface area contributed by atoms with Crippen molar-refractivity contribution in [2.24, 2.45) is 7.05 Å². The van der Waals surface area contributed by atoms with E-state index in [1.165, 1.54) is 11.3 Å². The number of rotatable bonds is 3. The SMILES string of the molecule is Cc1c(CNC2(C)CCOC2C)cnn1C. The molecule has 2 rings (SSSR count). The van der Waals surface area contributed by atoms with Crippen molar-refractivity contribution in [2.45, 2.75) is 45.4 Å². The van der Waals surface area contributed by atoms with Gasteiger partial charge in [0.15, 0.2) is 0 Å². The van der Waals surface area contributed by atoms with Crippen LogP contribution in [0.3, 0.4) is 0 Å². The number of nitrogens with zero attached hydrogens (tertiary/aromatic N) is 2. The highest BCUT2D eigenvalue weighted by atomic mass is 16.5. The lowest BCUT2D eigenvalue weighted by atomic mass is 9.94. The monoisotopic (exact) mass is 223 g/mol. The van der Waals surface area contributed by atoms with E-state index in [0.29, 0.717) is 0 Å². The zero-order chi connectivity index (χ0) is 11.8. The Kier molecular flexibility index (Phi) is 3.04. The number of nitrogens with one attached hydrogen (secondary N) is 1. The molecule has 0 aliphatic carbocycles. The maximum Gasteiger partial charge on any atom is 0.0726 e. The van der Waals surface area contributed by atoms with E-state index < -0.39 is 0 Å². The fraction of sp³-hybridized carbons (Fsp3) is 0.750.